The molecule has 1 atom stereocenters. The minimum Gasteiger partial charge on any atom is -0.324 e. The SMILES string of the molecule is NC(Cc1ccc(Cl)cc1F)c1cccc(Br)c1. The first-order valence-corrected chi connectivity index (χ1v) is 6.68. The summed E-state index contributed by atoms with van der Waals surface area (Å²) in [5, 5.41) is 0.396. The van der Waals surface area contributed by atoms with Crippen molar-refractivity contribution in [1.82, 2.24) is 0 Å². The van der Waals surface area contributed by atoms with Gasteiger partial charge in [-0.3, -0.25) is 0 Å². The predicted molar refractivity (Wildman–Crippen MR) is 76.2 cm³/mol. The van der Waals surface area contributed by atoms with Crippen molar-refractivity contribution < 1.29 is 4.39 Å². The Morgan fingerprint density at radius 2 is 2.00 bits per heavy atom. The molecule has 18 heavy (non-hydrogen) atoms. The van der Waals surface area contributed by atoms with E-state index >= 15 is 0 Å². The molecular weight excluding hydrogens is 317 g/mol. The second-order valence-electron chi connectivity index (χ2n) is 4.10. The Bertz CT molecular complexity index is 559. The number of rotatable bonds is 3. The van der Waals surface area contributed by atoms with Crippen LogP contribution < -0.4 is 5.73 Å². The van der Waals surface area contributed by atoms with E-state index in [0.29, 0.717) is 17.0 Å². The zero-order chi connectivity index (χ0) is 13.1. The van der Waals surface area contributed by atoms with Gasteiger partial charge in [-0.1, -0.05) is 45.7 Å². The zero-order valence-corrected chi connectivity index (χ0v) is 11.9. The molecule has 0 saturated carbocycles. The molecule has 2 rings (SSSR count). The number of hydrogen-bond acceptors (Lipinski definition) is 1. The lowest BCUT2D eigenvalue weighted by molar-refractivity contribution is 0.593. The molecule has 0 spiro atoms. The topological polar surface area (TPSA) is 26.0 Å². The van der Waals surface area contributed by atoms with Crippen LogP contribution in [0.3, 0.4) is 0 Å². The van der Waals surface area contributed by atoms with E-state index in [4.69, 9.17) is 17.3 Å². The van der Waals surface area contributed by atoms with Gasteiger partial charge in [-0.15, -0.1) is 0 Å². The van der Waals surface area contributed by atoms with Crippen LogP contribution in [0.5, 0.6) is 0 Å². The number of nitrogens with two attached hydrogens (primary N) is 1. The normalized spacial score (nSPS) is 12.4. The van der Waals surface area contributed by atoms with Crippen LogP contribution in [-0.4, -0.2) is 0 Å². The second-order valence-corrected chi connectivity index (χ2v) is 5.45. The third-order valence-corrected chi connectivity index (χ3v) is 3.46. The van der Waals surface area contributed by atoms with Crippen LogP contribution in [0.25, 0.3) is 0 Å². The fourth-order valence-electron chi connectivity index (χ4n) is 1.78. The molecule has 1 unspecified atom stereocenters. The van der Waals surface area contributed by atoms with Crippen molar-refractivity contribution in [3.05, 3.63) is 68.9 Å². The third-order valence-electron chi connectivity index (χ3n) is 2.73. The summed E-state index contributed by atoms with van der Waals surface area (Å²) in [4.78, 5) is 0. The van der Waals surface area contributed by atoms with Gasteiger partial charge in [0.1, 0.15) is 5.82 Å². The minimum atomic E-state index is -0.312. The first kappa shape index (κ1) is 13.5. The summed E-state index contributed by atoms with van der Waals surface area (Å²) in [7, 11) is 0. The second kappa shape index (κ2) is 5.83. The van der Waals surface area contributed by atoms with Crippen molar-refractivity contribution in [2.45, 2.75) is 12.5 Å². The highest BCUT2D eigenvalue weighted by Gasteiger charge is 2.11. The summed E-state index contributed by atoms with van der Waals surface area (Å²) >= 11 is 9.11. The molecule has 0 amide bonds. The summed E-state index contributed by atoms with van der Waals surface area (Å²) in [5.41, 5.74) is 7.63. The van der Waals surface area contributed by atoms with Crippen molar-refractivity contribution >= 4 is 27.5 Å². The average Bonchev–Trinajstić information content (AvgIpc) is 2.32. The van der Waals surface area contributed by atoms with Gasteiger partial charge < -0.3 is 5.73 Å². The van der Waals surface area contributed by atoms with Crippen LogP contribution in [0, 0.1) is 5.82 Å². The Labute approximate surface area is 119 Å². The molecule has 1 nitrogen and oxygen atoms in total. The van der Waals surface area contributed by atoms with Gasteiger partial charge in [0.15, 0.2) is 0 Å². The molecule has 0 aliphatic rings. The third kappa shape index (κ3) is 3.31. The van der Waals surface area contributed by atoms with Gasteiger partial charge in [0.2, 0.25) is 0 Å². The molecule has 2 aromatic rings. The van der Waals surface area contributed by atoms with Crippen molar-refractivity contribution in [3.63, 3.8) is 0 Å². The standard InChI is InChI=1S/C14H12BrClFN/c15-11-3-1-2-10(6-11)14(18)7-9-4-5-12(16)8-13(9)17/h1-6,8,14H,7,18H2. The van der Waals surface area contributed by atoms with Crippen molar-refractivity contribution in [2.24, 2.45) is 5.73 Å². The molecule has 0 bridgehead atoms. The molecule has 0 aliphatic heterocycles. The first-order chi connectivity index (χ1) is 8.56. The van der Waals surface area contributed by atoms with Crippen LogP contribution in [-0.2, 0) is 6.42 Å². The Hall–Kier alpha value is -0.900. The zero-order valence-electron chi connectivity index (χ0n) is 9.54. The summed E-state index contributed by atoms with van der Waals surface area (Å²) in [6, 6.07) is 12.1. The number of halogens is 3. The lowest BCUT2D eigenvalue weighted by Crippen LogP contribution is -2.14. The van der Waals surface area contributed by atoms with Gasteiger partial charge in [0, 0.05) is 15.5 Å². The molecule has 0 fully saturated rings. The average molecular weight is 329 g/mol. The molecule has 4 heteroatoms. The van der Waals surface area contributed by atoms with E-state index in [9.17, 15) is 4.39 Å². The highest BCUT2D eigenvalue weighted by Crippen LogP contribution is 2.22. The fourth-order valence-corrected chi connectivity index (χ4v) is 2.35. The maximum atomic E-state index is 13.7. The van der Waals surface area contributed by atoms with E-state index in [1.165, 1.54) is 6.07 Å². The van der Waals surface area contributed by atoms with E-state index in [1.807, 2.05) is 24.3 Å². The van der Waals surface area contributed by atoms with Crippen LogP contribution >= 0.6 is 27.5 Å². The Morgan fingerprint density at radius 1 is 1.22 bits per heavy atom. The van der Waals surface area contributed by atoms with Gasteiger partial charge in [-0.05, 0) is 41.8 Å². The van der Waals surface area contributed by atoms with Crippen LogP contribution in [0.15, 0.2) is 46.9 Å². The monoisotopic (exact) mass is 327 g/mol. The van der Waals surface area contributed by atoms with E-state index in [1.54, 1.807) is 12.1 Å². The van der Waals surface area contributed by atoms with Gasteiger partial charge >= 0.3 is 0 Å². The molecule has 94 valence electrons. The highest BCUT2D eigenvalue weighted by atomic mass is 79.9. The van der Waals surface area contributed by atoms with Crippen LogP contribution in [0.2, 0.25) is 5.02 Å². The van der Waals surface area contributed by atoms with Crippen LogP contribution in [0.4, 0.5) is 4.39 Å². The van der Waals surface area contributed by atoms with Gasteiger partial charge in [0.25, 0.3) is 0 Å². The van der Waals surface area contributed by atoms with Crippen molar-refractivity contribution in [1.29, 1.82) is 0 Å². The predicted octanol–water partition coefficient (Wildman–Crippen LogP) is 4.48. The summed E-state index contributed by atoms with van der Waals surface area (Å²) in [6.07, 6.45) is 0.444. The molecular formula is C14H12BrClFN. The molecule has 2 aromatic carbocycles. The van der Waals surface area contributed by atoms with Gasteiger partial charge in [-0.2, -0.15) is 0 Å². The Morgan fingerprint density at radius 3 is 2.67 bits per heavy atom. The lowest BCUT2D eigenvalue weighted by Gasteiger charge is -2.13. The molecule has 0 aromatic heterocycles. The molecule has 0 heterocycles. The van der Waals surface area contributed by atoms with E-state index in [2.05, 4.69) is 15.9 Å². The smallest absolute Gasteiger partial charge is 0.127 e. The molecule has 0 saturated heterocycles. The van der Waals surface area contributed by atoms with E-state index < -0.39 is 0 Å². The summed E-state index contributed by atoms with van der Waals surface area (Å²) in [5.74, 6) is -0.312. The lowest BCUT2D eigenvalue weighted by atomic mass is 9.99. The fraction of sp³-hybridized carbons (Fsp3) is 0.143. The minimum absolute atomic E-state index is 0.238. The van der Waals surface area contributed by atoms with Crippen LogP contribution in [0.1, 0.15) is 17.2 Å². The highest BCUT2D eigenvalue weighted by molar-refractivity contribution is 9.10. The molecule has 0 radical (unpaired) electrons. The van der Waals surface area contributed by atoms with Gasteiger partial charge in [0.05, 0.1) is 0 Å². The van der Waals surface area contributed by atoms with Crippen molar-refractivity contribution in [2.75, 3.05) is 0 Å². The summed E-state index contributed by atoms with van der Waals surface area (Å²) < 4.78 is 14.6. The van der Waals surface area contributed by atoms with Gasteiger partial charge in [-0.25, -0.2) is 4.39 Å². The Kier molecular flexibility index (Phi) is 4.38. The van der Waals surface area contributed by atoms with E-state index in [-0.39, 0.29) is 11.9 Å². The maximum absolute atomic E-state index is 13.7. The van der Waals surface area contributed by atoms with Crippen molar-refractivity contribution in [3.8, 4) is 0 Å². The largest absolute Gasteiger partial charge is 0.324 e. The summed E-state index contributed by atoms with van der Waals surface area (Å²) in [6.45, 7) is 0. The Balaban J connectivity index is 2.18. The first-order valence-electron chi connectivity index (χ1n) is 5.51. The molecule has 0 aliphatic carbocycles. The quantitative estimate of drug-likeness (QED) is 0.883. The number of benzene rings is 2. The van der Waals surface area contributed by atoms with E-state index in [0.717, 1.165) is 10.0 Å². The molecule has 2 N–H and O–H groups in total. The maximum Gasteiger partial charge on any atom is 0.127 e. The number of hydrogen-bond donors (Lipinski definition) is 1.